The molecule has 6 heteroatoms. The summed E-state index contributed by atoms with van der Waals surface area (Å²) in [5.41, 5.74) is 0.320. The van der Waals surface area contributed by atoms with E-state index >= 15 is 0 Å². The van der Waals surface area contributed by atoms with Crippen LogP contribution in [0.5, 0.6) is 0 Å². The van der Waals surface area contributed by atoms with E-state index in [1.165, 1.54) is 23.1 Å². The van der Waals surface area contributed by atoms with Crippen molar-refractivity contribution in [3.8, 4) is 0 Å². The Labute approximate surface area is 119 Å². The van der Waals surface area contributed by atoms with E-state index in [1.807, 2.05) is 0 Å². The lowest BCUT2D eigenvalue weighted by atomic mass is 10.1. The molecule has 0 saturated carbocycles. The molecule has 1 amide bonds. The maximum Gasteiger partial charge on any atom is 0.305 e. The number of aliphatic carboxylic acids is 1. The summed E-state index contributed by atoms with van der Waals surface area (Å²) >= 11 is 3.14. The Morgan fingerprint density at radius 1 is 1.47 bits per heavy atom. The molecular weight excluding hydrogens is 317 g/mol. The van der Waals surface area contributed by atoms with Crippen molar-refractivity contribution in [3.63, 3.8) is 0 Å². The number of amides is 1. The lowest BCUT2D eigenvalue weighted by Crippen LogP contribution is -2.39. The van der Waals surface area contributed by atoms with Gasteiger partial charge in [0.2, 0.25) is 0 Å². The van der Waals surface area contributed by atoms with E-state index in [0.29, 0.717) is 16.6 Å². The molecule has 4 nitrogen and oxygen atoms in total. The monoisotopic (exact) mass is 331 g/mol. The van der Waals surface area contributed by atoms with Gasteiger partial charge in [0.1, 0.15) is 5.82 Å². The van der Waals surface area contributed by atoms with E-state index in [1.54, 1.807) is 13.8 Å². The SMILES string of the molecule is CCN(C(=O)c1ccc(F)cc1Br)C(C)CC(=O)O. The van der Waals surface area contributed by atoms with Gasteiger partial charge >= 0.3 is 5.97 Å². The van der Waals surface area contributed by atoms with Gasteiger partial charge in [0.25, 0.3) is 5.91 Å². The normalized spacial score (nSPS) is 12.0. The quantitative estimate of drug-likeness (QED) is 0.902. The number of carboxylic acids is 1. The summed E-state index contributed by atoms with van der Waals surface area (Å²) in [5, 5.41) is 8.77. The molecule has 1 rings (SSSR count). The Morgan fingerprint density at radius 3 is 2.58 bits per heavy atom. The van der Waals surface area contributed by atoms with Gasteiger partial charge in [-0.3, -0.25) is 9.59 Å². The highest BCUT2D eigenvalue weighted by Crippen LogP contribution is 2.21. The van der Waals surface area contributed by atoms with E-state index < -0.39 is 17.8 Å². The second-order valence-electron chi connectivity index (χ2n) is 4.16. The minimum atomic E-state index is -0.961. The van der Waals surface area contributed by atoms with Gasteiger partial charge in [0.05, 0.1) is 12.0 Å². The first kappa shape index (κ1) is 15.6. The maximum atomic E-state index is 13.0. The lowest BCUT2D eigenvalue weighted by molar-refractivity contribution is -0.138. The van der Waals surface area contributed by atoms with Crippen molar-refractivity contribution in [2.24, 2.45) is 0 Å². The first-order valence-corrected chi connectivity index (χ1v) is 6.64. The van der Waals surface area contributed by atoms with Gasteiger partial charge in [-0.05, 0) is 48.0 Å². The number of carboxylic acid groups (broad SMARTS) is 1. The summed E-state index contributed by atoms with van der Waals surface area (Å²) in [7, 11) is 0. The van der Waals surface area contributed by atoms with Crippen molar-refractivity contribution in [3.05, 3.63) is 34.1 Å². The van der Waals surface area contributed by atoms with Gasteiger partial charge in [-0.1, -0.05) is 0 Å². The smallest absolute Gasteiger partial charge is 0.305 e. The average Bonchev–Trinajstić information content (AvgIpc) is 2.28. The first-order valence-electron chi connectivity index (χ1n) is 5.84. The van der Waals surface area contributed by atoms with Crippen molar-refractivity contribution in [1.82, 2.24) is 4.90 Å². The molecule has 0 bridgehead atoms. The Kier molecular flexibility index (Phi) is 5.47. The number of rotatable bonds is 5. The fraction of sp³-hybridized carbons (Fsp3) is 0.385. The molecule has 0 aromatic heterocycles. The van der Waals surface area contributed by atoms with Crippen LogP contribution < -0.4 is 0 Å². The molecule has 0 aliphatic carbocycles. The first-order chi connectivity index (χ1) is 8.86. The maximum absolute atomic E-state index is 13.0. The zero-order valence-corrected chi connectivity index (χ0v) is 12.3. The molecule has 0 heterocycles. The third kappa shape index (κ3) is 4.02. The molecule has 19 heavy (non-hydrogen) atoms. The highest BCUT2D eigenvalue weighted by atomic mass is 79.9. The van der Waals surface area contributed by atoms with Crippen LogP contribution in [-0.2, 0) is 4.79 Å². The van der Waals surface area contributed by atoms with E-state index in [0.717, 1.165) is 0 Å². The number of hydrogen-bond donors (Lipinski definition) is 1. The molecule has 0 saturated heterocycles. The molecule has 1 atom stereocenters. The van der Waals surface area contributed by atoms with Crippen LogP contribution in [0, 0.1) is 5.82 Å². The summed E-state index contributed by atoms with van der Waals surface area (Å²) in [6.07, 6.45) is -0.127. The average molecular weight is 332 g/mol. The van der Waals surface area contributed by atoms with Crippen LogP contribution in [0.15, 0.2) is 22.7 Å². The Hall–Kier alpha value is -1.43. The third-order valence-electron chi connectivity index (χ3n) is 2.77. The molecule has 1 aromatic rings. The summed E-state index contributed by atoms with van der Waals surface area (Å²) in [6, 6.07) is 3.38. The number of hydrogen-bond acceptors (Lipinski definition) is 2. The second-order valence-corrected chi connectivity index (χ2v) is 5.02. The summed E-state index contributed by atoms with van der Waals surface area (Å²) in [6.45, 7) is 3.83. The largest absolute Gasteiger partial charge is 0.481 e. The van der Waals surface area contributed by atoms with Crippen LogP contribution in [-0.4, -0.2) is 34.5 Å². The zero-order valence-electron chi connectivity index (χ0n) is 10.7. The van der Waals surface area contributed by atoms with Crippen LogP contribution in [0.3, 0.4) is 0 Å². The fourth-order valence-electron chi connectivity index (χ4n) is 1.84. The Balaban J connectivity index is 2.98. The minimum absolute atomic E-state index is 0.127. The number of benzene rings is 1. The fourth-order valence-corrected chi connectivity index (χ4v) is 2.36. The van der Waals surface area contributed by atoms with Gasteiger partial charge in [0.15, 0.2) is 0 Å². The molecule has 0 fully saturated rings. The Morgan fingerprint density at radius 2 is 2.11 bits per heavy atom. The molecule has 0 spiro atoms. The lowest BCUT2D eigenvalue weighted by Gasteiger charge is -2.27. The summed E-state index contributed by atoms with van der Waals surface area (Å²) in [5.74, 6) is -1.72. The third-order valence-corrected chi connectivity index (χ3v) is 3.42. The van der Waals surface area contributed by atoms with Crippen molar-refractivity contribution < 1.29 is 19.1 Å². The zero-order chi connectivity index (χ0) is 14.6. The van der Waals surface area contributed by atoms with Gasteiger partial charge in [-0.25, -0.2) is 4.39 Å². The highest BCUT2D eigenvalue weighted by Gasteiger charge is 2.23. The van der Waals surface area contributed by atoms with Crippen LogP contribution >= 0.6 is 15.9 Å². The number of halogens is 2. The molecule has 1 aromatic carbocycles. The Bertz CT molecular complexity index is 493. The van der Waals surface area contributed by atoms with Crippen LogP contribution in [0.1, 0.15) is 30.6 Å². The van der Waals surface area contributed by atoms with Gasteiger partial charge in [0, 0.05) is 17.1 Å². The summed E-state index contributed by atoms with van der Waals surface area (Å²) < 4.78 is 13.4. The van der Waals surface area contributed by atoms with Crippen molar-refractivity contribution in [2.45, 2.75) is 26.3 Å². The molecule has 1 N–H and O–H groups in total. The van der Waals surface area contributed by atoms with Crippen LogP contribution in [0.25, 0.3) is 0 Å². The number of carbonyl (C=O) groups is 2. The van der Waals surface area contributed by atoms with Crippen molar-refractivity contribution >= 4 is 27.8 Å². The molecule has 0 aliphatic rings. The van der Waals surface area contributed by atoms with E-state index in [2.05, 4.69) is 15.9 Å². The van der Waals surface area contributed by atoms with E-state index in [9.17, 15) is 14.0 Å². The van der Waals surface area contributed by atoms with Crippen molar-refractivity contribution in [2.75, 3.05) is 6.54 Å². The predicted octanol–water partition coefficient (Wildman–Crippen LogP) is 2.91. The highest BCUT2D eigenvalue weighted by molar-refractivity contribution is 9.10. The molecular formula is C13H15BrFNO3. The van der Waals surface area contributed by atoms with E-state index in [4.69, 9.17) is 5.11 Å². The molecule has 0 radical (unpaired) electrons. The number of nitrogens with zero attached hydrogens (tertiary/aromatic N) is 1. The van der Waals surface area contributed by atoms with Gasteiger partial charge < -0.3 is 10.0 Å². The topological polar surface area (TPSA) is 57.6 Å². The van der Waals surface area contributed by atoms with Gasteiger partial charge in [-0.15, -0.1) is 0 Å². The van der Waals surface area contributed by atoms with Crippen molar-refractivity contribution in [1.29, 1.82) is 0 Å². The summed E-state index contributed by atoms with van der Waals surface area (Å²) in [4.78, 5) is 24.5. The predicted molar refractivity (Wildman–Crippen MR) is 72.5 cm³/mol. The molecule has 1 unspecified atom stereocenters. The standard InChI is InChI=1S/C13H15BrFNO3/c1-3-16(8(2)6-12(17)18)13(19)10-5-4-9(15)7-11(10)14/h4-5,7-8H,3,6H2,1-2H3,(H,17,18). The van der Waals surface area contributed by atoms with Crippen LogP contribution in [0.4, 0.5) is 4.39 Å². The van der Waals surface area contributed by atoms with Crippen LogP contribution in [0.2, 0.25) is 0 Å². The van der Waals surface area contributed by atoms with E-state index in [-0.39, 0.29) is 12.3 Å². The number of carbonyl (C=O) groups excluding carboxylic acids is 1. The van der Waals surface area contributed by atoms with Gasteiger partial charge in [-0.2, -0.15) is 0 Å². The second kappa shape index (κ2) is 6.65. The molecule has 104 valence electrons. The minimum Gasteiger partial charge on any atom is -0.481 e. The molecule has 0 aliphatic heterocycles.